The number of nitrogens with one attached hydrogen (secondary N) is 1. The van der Waals surface area contributed by atoms with Crippen LogP contribution in [0, 0.1) is 10.1 Å². The van der Waals surface area contributed by atoms with Gasteiger partial charge in [0.05, 0.1) is 14.7 Å². The number of halogens is 1. The highest BCUT2D eigenvalue weighted by atomic mass is 79.9. The van der Waals surface area contributed by atoms with Crippen molar-refractivity contribution in [1.29, 1.82) is 0 Å². The zero-order chi connectivity index (χ0) is 17.9. The van der Waals surface area contributed by atoms with Gasteiger partial charge < -0.3 is 5.32 Å². The number of nitrogens with zero attached hydrogens (tertiary/aromatic N) is 1. The molecule has 0 bridgehead atoms. The topological polar surface area (TPSA) is 106 Å². The van der Waals surface area contributed by atoms with E-state index in [-0.39, 0.29) is 27.8 Å². The molecule has 0 unspecified atom stereocenters. The molecule has 0 aliphatic heterocycles. The number of rotatable bonds is 5. The molecule has 0 saturated heterocycles. The number of sulfone groups is 1. The summed E-state index contributed by atoms with van der Waals surface area (Å²) in [7, 11) is -3.87. The average molecular weight is 413 g/mol. The second-order valence-electron chi connectivity index (χ2n) is 4.83. The number of nitro groups is 1. The van der Waals surface area contributed by atoms with Crippen LogP contribution in [0.15, 0.2) is 56.7 Å². The summed E-state index contributed by atoms with van der Waals surface area (Å²) in [6.07, 6.45) is 0.261. The van der Waals surface area contributed by atoms with Crippen LogP contribution in [-0.2, 0) is 14.6 Å². The van der Waals surface area contributed by atoms with Gasteiger partial charge in [-0.15, -0.1) is 0 Å². The molecule has 1 N–H and O–H groups in total. The van der Waals surface area contributed by atoms with Crippen LogP contribution >= 0.6 is 15.9 Å². The van der Waals surface area contributed by atoms with E-state index in [4.69, 9.17) is 0 Å². The van der Waals surface area contributed by atoms with E-state index < -0.39 is 14.8 Å². The first-order valence-electron chi connectivity index (χ1n) is 6.84. The van der Waals surface area contributed by atoms with Crippen molar-refractivity contribution in [2.45, 2.75) is 23.1 Å². The molecule has 0 spiro atoms. The maximum absolute atomic E-state index is 12.7. The van der Waals surface area contributed by atoms with E-state index in [1.165, 1.54) is 24.3 Å². The van der Waals surface area contributed by atoms with Gasteiger partial charge in [-0.1, -0.05) is 22.9 Å². The normalized spacial score (nSPS) is 11.1. The molecule has 0 aliphatic carbocycles. The summed E-state index contributed by atoms with van der Waals surface area (Å²) < 4.78 is 25.8. The first-order chi connectivity index (χ1) is 11.2. The van der Waals surface area contributed by atoms with Crippen molar-refractivity contribution in [1.82, 2.24) is 0 Å². The summed E-state index contributed by atoms with van der Waals surface area (Å²) in [6, 6.07) is 8.95. The smallest absolute Gasteiger partial charge is 0.269 e. The van der Waals surface area contributed by atoms with Gasteiger partial charge in [0.25, 0.3) is 5.69 Å². The van der Waals surface area contributed by atoms with E-state index in [0.717, 1.165) is 12.1 Å². The van der Waals surface area contributed by atoms with Crippen molar-refractivity contribution >= 4 is 43.0 Å². The zero-order valence-electron chi connectivity index (χ0n) is 12.5. The highest BCUT2D eigenvalue weighted by Crippen LogP contribution is 2.28. The molecule has 7 nitrogen and oxygen atoms in total. The molecule has 1 amide bonds. The Kier molecular flexibility index (Phi) is 5.35. The summed E-state index contributed by atoms with van der Waals surface area (Å²) in [5.41, 5.74) is 0.149. The number of carbonyl (C=O) groups is 1. The minimum Gasteiger partial charge on any atom is -0.326 e. The lowest BCUT2D eigenvalue weighted by Crippen LogP contribution is -2.10. The first kappa shape index (κ1) is 18.1. The van der Waals surface area contributed by atoms with Crippen LogP contribution in [0.3, 0.4) is 0 Å². The van der Waals surface area contributed by atoms with Crippen molar-refractivity contribution < 1.29 is 18.1 Å². The van der Waals surface area contributed by atoms with Crippen LogP contribution < -0.4 is 5.32 Å². The fourth-order valence-electron chi connectivity index (χ4n) is 1.92. The molecule has 2 aromatic rings. The van der Waals surface area contributed by atoms with E-state index in [1.807, 2.05) is 0 Å². The van der Waals surface area contributed by atoms with Crippen LogP contribution in [0.5, 0.6) is 0 Å². The Morgan fingerprint density at radius 3 is 2.33 bits per heavy atom. The van der Waals surface area contributed by atoms with Gasteiger partial charge in [0.15, 0.2) is 0 Å². The predicted molar refractivity (Wildman–Crippen MR) is 91.6 cm³/mol. The average Bonchev–Trinajstić information content (AvgIpc) is 2.54. The van der Waals surface area contributed by atoms with E-state index in [0.29, 0.717) is 10.2 Å². The Bertz CT molecular complexity index is 895. The van der Waals surface area contributed by atoms with E-state index in [2.05, 4.69) is 21.2 Å². The standard InChI is InChI=1S/C15H13BrN2O5S/c1-2-15(19)17-11-7-10(16)8-14(9-11)24(22,23)13-5-3-12(4-6-13)18(20)21/h3-9H,2H2,1H3,(H,17,19). The zero-order valence-corrected chi connectivity index (χ0v) is 14.9. The summed E-state index contributed by atoms with van der Waals surface area (Å²) in [5.74, 6) is -0.244. The molecule has 0 aromatic heterocycles. The summed E-state index contributed by atoms with van der Waals surface area (Å²) in [6.45, 7) is 1.68. The van der Waals surface area contributed by atoms with Crippen LogP contribution in [0.1, 0.15) is 13.3 Å². The molecule has 0 radical (unpaired) electrons. The molecular weight excluding hydrogens is 400 g/mol. The maximum Gasteiger partial charge on any atom is 0.269 e. The van der Waals surface area contributed by atoms with Crippen LogP contribution in [0.4, 0.5) is 11.4 Å². The van der Waals surface area contributed by atoms with Crippen molar-refractivity contribution in [3.63, 3.8) is 0 Å². The van der Waals surface area contributed by atoms with Gasteiger partial charge in [-0.25, -0.2) is 8.42 Å². The highest BCUT2D eigenvalue weighted by molar-refractivity contribution is 9.10. The van der Waals surface area contributed by atoms with Crippen LogP contribution in [0.2, 0.25) is 0 Å². The molecule has 0 atom stereocenters. The fourth-order valence-corrected chi connectivity index (χ4v) is 3.90. The predicted octanol–water partition coefficient (Wildman–Crippen LogP) is 3.54. The number of benzene rings is 2. The molecular formula is C15H13BrN2O5S. The molecule has 0 fully saturated rings. The largest absolute Gasteiger partial charge is 0.326 e. The van der Waals surface area contributed by atoms with Crippen LogP contribution in [-0.4, -0.2) is 19.2 Å². The fraction of sp³-hybridized carbons (Fsp3) is 0.133. The van der Waals surface area contributed by atoms with E-state index in [1.54, 1.807) is 13.0 Å². The lowest BCUT2D eigenvalue weighted by Gasteiger charge is -2.09. The van der Waals surface area contributed by atoms with E-state index in [9.17, 15) is 23.3 Å². The molecule has 2 aromatic carbocycles. The minimum absolute atomic E-state index is 0.0304. The Balaban J connectivity index is 2.45. The number of non-ortho nitro benzene ring substituents is 1. The van der Waals surface area contributed by atoms with Gasteiger partial charge in [0.1, 0.15) is 0 Å². The summed E-state index contributed by atoms with van der Waals surface area (Å²) in [5, 5.41) is 13.3. The molecule has 9 heteroatoms. The number of nitro benzene ring substituents is 1. The lowest BCUT2D eigenvalue weighted by molar-refractivity contribution is -0.384. The molecule has 0 aliphatic rings. The third-order valence-electron chi connectivity index (χ3n) is 3.14. The second kappa shape index (κ2) is 7.10. The van der Waals surface area contributed by atoms with Crippen molar-refractivity contribution in [3.8, 4) is 0 Å². The third-order valence-corrected chi connectivity index (χ3v) is 5.35. The number of carbonyl (C=O) groups excluding carboxylic acids is 1. The third kappa shape index (κ3) is 3.98. The number of anilines is 1. The van der Waals surface area contributed by atoms with E-state index >= 15 is 0 Å². The minimum atomic E-state index is -3.87. The maximum atomic E-state index is 12.7. The van der Waals surface area contributed by atoms with Crippen molar-refractivity contribution in [2.24, 2.45) is 0 Å². The summed E-state index contributed by atoms with van der Waals surface area (Å²) in [4.78, 5) is 21.4. The SMILES string of the molecule is CCC(=O)Nc1cc(Br)cc(S(=O)(=O)c2ccc([N+](=O)[O-])cc2)c1. The van der Waals surface area contributed by atoms with Gasteiger partial charge in [0.2, 0.25) is 15.7 Å². The van der Waals surface area contributed by atoms with Gasteiger partial charge >= 0.3 is 0 Å². The summed E-state index contributed by atoms with van der Waals surface area (Å²) >= 11 is 3.22. The molecule has 24 heavy (non-hydrogen) atoms. The highest BCUT2D eigenvalue weighted by Gasteiger charge is 2.20. The second-order valence-corrected chi connectivity index (χ2v) is 7.70. The Hall–Kier alpha value is -2.26. The molecule has 0 saturated carbocycles. The van der Waals surface area contributed by atoms with Gasteiger partial charge in [-0.3, -0.25) is 14.9 Å². The molecule has 0 heterocycles. The van der Waals surface area contributed by atoms with Crippen molar-refractivity contribution in [2.75, 3.05) is 5.32 Å². The Labute approximate surface area is 146 Å². The first-order valence-corrected chi connectivity index (χ1v) is 9.11. The quantitative estimate of drug-likeness (QED) is 0.596. The molecule has 2 rings (SSSR count). The number of hydrogen-bond acceptors (Lipinski definition) is 5. The van der Waals surface area contributed by atoms with Gasteiger partial charge in [-0.2, -0.15) is 0 Å². The number of amides is 1. The Morgan fingerprint density at radius 2 is 1.79 bits per heavy atom. The molecule has 126 valence electrons. The number of hydrogen-bond donors (Lipinski definition) is 1. The Morgan fingerprint density at radius 1 is 1.17 bits per heavy atom. The van der Waals surface area contributed by atoms with Crippen LogP contribution in [0.25, 0.3) is 0 Å². The monoisotopic (exact) mass is 412 g/mol. The van der Waals surface area contributed by atoms with Gasteiger partial charge in [0, 0.05) is 28.7 Å². The lowest BCUT2D eigenvalue weighted by atomic mass is 10.3. The van der Waals surface area contributed by atoms with Gasteiger partial charge in [-0.05, 0) is 30.3 Å². The van der Waals surface area contributed by atoms with Crippen molar-refractivity contribution in [3.05, 3.63) is 57.1 Å².